The number of likely N-dealkylation sites (N-methyl/N-ethyl adjacent to an activating group) is 1. The number of nitrogens with zero attached hydrogens (tertiary/aromatic N) is 6. The maximum absolute atomic E-state index is 12.5. The van der Waals surface area contributed by atoms with Crippen LogP contribution in [0.25, 0.3) is 11.4 Å². The lowest BCUT2D eigenvalue weighted by atomic mass is 10.1. The Morgan fingerprint density at radius 1 is 1.25 bits per heavy atom. The normalized spacial score (nSPS) is 15.3. The Morgan fingerprint density at radius 2 is 2.12 bits per heavy atom. The predicted molar refractivity (Wildman–Crippen MR) is 120 cm³/mol. The summed E-state index contributed by atoms with van der Waals surface area (Å²) in [7, 11) is 5.48. The summed E-state index contributed by atoms with van der Waals surface area (Å²) in [4.78, 5) is 17.0. The van der Waals surface area contributed by atoms with E-state index < -0.39 is 0 Å². The van der Waals surface area contributed by atoms with Gasteiger partial charge in [-0.1, -0.05) is 12.1 Å². The maximum Gasteiger partial charge on any atom is 0.330 e. The van der Waals surface area contributed by atoms with Gasteiger partial charge in [0.05, 0.1) is 32.0 Å². The van der Waals surface area contributed by atoms with Crippen molar-refractivity contribution in [2.24, 2.45) is 12.1 Å². The van der Waals surface area contributed by atoms with Crippen molar-refractivity contribution in [3.8, 4) is 17.1 Å². The van der Waals surface area contributed by atoms with E-state index in [0.717, 1.165) is 23.5 Å². The van der Waals surface area contributed by atoms with Gasteiger partial charge in [0.1, 0.15) is 24.5 Å². The number of ether oxygens (including phenoxy) is 2. The predicted octanol–water partition coefficient (Wildman–Crippen LogP) is 1.22. The van der Waals surface area contributed by atoms with Crippen LogP contribution in [0.1, 0.15) is 17.3 Å². The molecule has 0 radical (unpaired) electrons. The second-order valence-corrected chi connectivity index (χ2v) is 7.72. The summed E-state index contributed by atoms with van der Waals surface area (Å²) >= 11 is 0. The van der Waals surface area contributed by atoms with Crippen LogP contribution in [0, 0.1) is 0 Å². The van der Waals surface area contributed by atoms with E-state index in [9.17, 15) is 4.79 Å². The van der Waals surface area contributed by atoms with Crippen LogP contribution in [0.5, 0.6) is 5.75 Å². The molecule has 0 saturated heterocycles. The first-order valence-electron chi connectivity index (χ1n) is 10.4. The van der Waals surface area contributed by atoms with Crippen molar-refractivity contribution >= 4 is 6.21 Å². The van der Waals surface area contributed by atoms with Gasteiger partial charge in [0.25, 0.3) is 0 Å². The van der Waals surface area contributed by atoms with E-state index in [4.69, 9.17) is 9.47 Å². The Morgan fingerprint density at radius 3 is 2.88 bits per heavy atom. The van der Waals surface area contributed by atoms with Crippen molar-refractivity contribution in [1.82, 2.24) is 19.8 Å². The molecule has 0 amide bonds. The van der Waals surface area contributed by atoms with Gasteiger partial charge in [-0.25, -0.2) is 4.57 Å². The first-order valence-corrected chi connectivity index (χ1v) is 10.4. The van der Waals surface area contributed by atoms with Crippen LogP contribution < -0.4 is 14.7 Å². The van der Waals surface area contributed by atoms with Gasteiger partial charge < -0.3 is 9.47 Å². The Hall–Kier alpha value is -3.59. The van der Waals surface area contributed by atoms with E-state index in [2.05, 4.69) is 15.2 Å². The fourth-order valence-corrected chi connectivity index (χ4v) is 3.59. The van der Waals surface area contributed by atoms with Gasteiger partial charge in [-0.2, -0.15) is 10.2 Å². The Kier molecular flexibility index (Phi) is 6.55. The zero-order valence-electron chi connectivity index (χ0n) is 18.5. The SMILES string of the molecule is COCCOc1cnc(-c2cccc(Cc3nn(C4C=NN(C)C4)ccc3=O)c2)[n+](C)c1. The average molecular weight is 436 g/mol. The van der Waals surface area contributed by atoms with E-state index >= 15 is 0 Å². The zero-order valence-corrected chi connectivity index (χ0v) is 18.5. The minimum Gasteiger partial charge on any atom is -0.484 e. The number of aromatic nitrogens is 4. The van der Waals surface area contributed by atoms with Crippen LogP contribution in [0.3, 0.4) is 0 Å². The van der Waals surface area contributed by atoms with E-state index in [1.54, 1.807) is 30.3 Å². The molecule has 3 heterocycles. The zero-order chi connectivity index (χ0) is 22.5. The van der Waals surface area contributed by atoms with Crippen LogP contribution in [0.15, 0.2) is 58.8 Å². The monoisotopic (exact) mass is 435 g/mol. The summed E-state index contributed by atoms with van der Waals surface area (Å²) in [6, 6.07) is 9.60. The molecule has 1 aliphatic heterocycles. The highest BCUT2D eigenvalue weighted by Crippen LogP contribution is 2.18. The molecular formula is C23H27N6O3+. The molecule has 0 N–H and O–H groups in total. The number of benzene rings is 1. The Balaban J connectivity index is 1.54. The molecule has 0 saturated carbocycles. The number of rotatable bonds is 8. The van der Waals surface area contributed by atoms with Crippen molar-refractivity contribution in [2.45, 2.75) is 12.5 Å². The highest BCUT2D eigenvalue weighted by molar-refractivity contribution is 5.64. The van der Waals surface area contributed by atoms with E-state index in [1.807, 2.05) is 60.3 Å². The smallest absolute Gasteiger partial charge is 0.330 e. The highest BCUT2D eigenvalue weighted by atomic mass is 16.5. The third kappa shape index (κ3) is 5.00. The molecule has 0 aliphatic carbocycles. The largest absolute Gasteiger partial charge is 0.484 e. The third-order valence-electron chi connectivity index (χ3n) is 5.21. The number of hydrogen-bond donors (Lipinski definition) is 0. The molecule has 0 fully saturated rings. The van der Waals surface area contributed by atoms with Crippen molar-refractivity contribution < 1.29 is 14.0 Å². The minimum atomic E-state index is -0.0730. The van der Waals surface area contributed by atoms with Gasteiger partial charge in [-0.15, -0.1) is 0 Å². The quantitative estimate of drug-likeness (QED) is 0.391. The molecule has 9 heteroatoms. The lowest BCUT2D eigenvalue weighted by Crippen LogP contribution is -2.32. The first-order chi connectivity index (χ1) is 15.5. The summed E-state index contributed by atoms with van der Waals surface area (Å²) in [6.45, 7) is 1.72. The number of methoxy groups -OCH3 is 1. The topological polar surface area (TPSA) is 85.7 Å². The molecule has 1 aromatic carbocycles. The fraction of sp³-hybridized carbons (Fsp3) is 0.348. The van der Waals surface area contributed by atoms with Crippen molar-refractivity contribution in [3.63, 3.8) is 0 Å². The Bertz CT molecular complexity index is 1180. The van der Waals surface area contributed by atoms with Gasteiger partial charge in [0, 0.05) is 32.8 Å². The van der Waals surface area contributed by atoms with Gasteiger partial charge in [-0.05, 0) is 22.7 Å². The molecule has 166 valence electrons. The minimum absolute atomic E-state index is 0.0264. The number of hydrazone groups is 1. The second-order valence-electron chi connectivity index (χ2n) is 7.72. The molecular weight excluding hydrogens is 408 g/mol. The van der Waals surface area contributed by atoms with Gasteiger partial charge in [-0.3, -0.25) is 14.5 Å². The summed E-state index contributed by atoms with van der Waals surface area (Å²) in [5.41, 5.74) is 2.38. The summed E-state index contributed by atoms with van der Waals surface area (Å²) in [5, 5.41) is 10.7. The van der Waals surface area contributed by atoms with Crippen LogP contribution in [0.2, 0.25) is 0 Å². The van der Waals surface area contributed by atoms with Crippen molar-refractivity contribution in [1.29, 1.82) is 0 Å². The highest BCUT2D eigenvalue weighted by Gasteiger charge is 2.18. The molecule has 1 unspecified atom stereocenters. The average Bonchev–Trinajstić information content (AvgIpc) is 3.22. The molecule has 9 nitrogen and oxygen atoms in total. The molecule has 2 aromatic heterocycles. The van der Waals surface area contributed by atoms with Gasteiger partial charge in [0.15, 0.2) is 6.20 Å². The van der Waals surface area contributed by atoms with E-state index in [1.165, 1.54) is 0 Å². The first kappa shape index (κ1) is 21.6. The molecule has 3 aromatic rings. The van der Waals surface area contributed by atoms with Crippen LogP contribution >= 0.6 is 0 Å². The molecule has 4 rings (SSSR count). The van der Waals surface area contributed by atoms with Gasteiger partial charge in [0.2, 0.25) is 11.2 Å². The molecule has 1 atom stereocenters. The summed E-state index contributed by atoms with van der Waals surface area (Å²) in [6.07, 6.45) is 7.60. The Labute approximate surface area is 186 Å². The third-order valence-corrected chi connectivity index (χ3v) is 5.21. The van der Waals surface area contributed by atoms with Crippen LogP contribution in [0.4, 0.5) is 0 Å². The van der Waals surface area contributed by atoms with Crippen LogP contribution in [-0.4, -0.2) is 59.9 Å². The second kappa shape index (κ2) is 9.69. The van der Waals surface area contributed by atoms with Crippen molar-refractivity contribution in [2.75, 3.05) is 33.9 Å². The molecule has 0 bridgehead atoms. The van der Waals surface area contributed by atoms with Crippen LogP contribution in [-0.2, 0) is 18.2 Å². The fourth-order valence-electron chi connectivity index (χ4n) is 3.59. The van der Waals surface area contributed by atoms with Gasteiger partial charge >= 0.3 is 5.82 Å². The summed E-state index contributed by atoms with van der Waals surface area (Å²) < 4.78 is 14.4. The number of hydrogen-bond acceptors (Lipinski definition) is 7. The molecule has 1 aliphatic rings. The van der Waals surface area contributed by atoms with E-state index in [0.29, 0.717) is 31.1 Å². The lowest BCUT2D eigenvalue weighted by Gasteiger charge is -2.13. The summed E-state index contributed by atoms with van der Waals surface area (Å²) in [5.74, 6) is 1.48. The molecule has 0 spiro atoms. The lowest BCUT2D eigenvalue weighted by molar-refractivity contribution is -0.663. The van der Waals surface area contributed by atoms with E-state index in [-0.39, 0.29) is 11.5 Å². The number of aryl methyl sites for hydroxylation is 1. The molecule has 32 heavy (non-hydrogen) atoms. The van der Waals surface area contributed by atoms with Crippen molar-refractivity contribution in [3.05, 3.63) is 70.4 Å². The standard InChI is InChI=1S/C23H27N6O3/c1-27-16-20(32-10-9-31-3)14-24-23(27)18-6-4-5-17(11-18)12-21-22(30)7-8-29(26-21)19-13-25-28(2)15-19/h4-8,11,13-14,16,19H,9-10,12,15H2,1-3H3/q+1. The maximum atomic E-state index is 12.5.